The molecule has 0 aliphatic heterocycles. The largest absolute Gasteiger partial charge is 0.219 e. The molecule has 0 aromatic heterocycles. The van der Waals surface area contributed by atoms with Gasteiger partial charge in [0.1, 0.15) is 0 Å². The summed E-state index contributed by atoms with van der Waals surface area (Å²) in [5.74, 6) is 0. The van der Waals surface area contributed by atoms with Gasteiger partial charge in [0.2, 0.25) is 9.84 Å². The van der Waals surface area contributed by atoms with Crippen LogP contribution in [-0.2, 0) is 9.84 Å². The molecule has 1 rings (SSSR count). The number of hydrogen-bond acceptors (Lipinski definition) is 3. The van der Waals surface area contributed by atoms with Gasteiger partial charge in [0.25, 0.3) is 0 Å². The van der Waals surface area contributed by atoms with E-state index >= 15 is 0 Å². The zero-order chi connectivity index (χ0) is 14.5. The Balaban J connectivity index is 3.01. The summed E-state index contributed by atoms with van der Waals surface area (Å²) in [4.78, 5) is 1.38. The minimum absolute atomic E-state index is 0.102. The van der Waals surface area contributed by atoms with Crippen LogP contribution in [0.4, 0.5) is 0 Å². The Morgan fingerprint density at radius 2 is 1.79 bits per heavy atom. The van der Waals surface area contributed by atoms with E-state index in [0.717, 1.165) is 10.5 Å². The quantitative estimate of drug-likeness (QED) is 0.767. The first kappa shape index (κ1) is 15.8. The molecule has 0 aliphatic carbocycles. The van der Waals surface area contributed by atoms with Crippen LogP contribution in [-0.4, -0.2) is 14.7 Å². The van der Waals surface area contributed by atoms with Crippen molar-refractivity contribution >= 4 is 21.6 Å². The highest BCUT2D eigenvalue weighted by Crippen LogP contribution is 2.21. The van der Waals surface area contributed by atoms with Crippen molar-refractivity contribution in [3.63, 3.8) is 0 Å². The summed E-state index contributed by atoms with van der Waals surface area (Å²) in [6.07, 6.45) is 7.17. The molecule has 1 aromatic carbocycles. The fourth-order valence-corrected chi connectivity index (χ4v) is 2.90. The van der Waals surface area contributed by atoms with Crippen molar-refractivity contribution in [2.75, 3.05) is 6.26 Å². The third-order valence-electron chi connectivity index (χ3n) is 2.63. The van der Waals surface area contributed by atoms with Crippen LogP contribution >= 0.6 is 11.8 Å². The zero-order valence-corrected chi connectivity index (χ0v) is 13.0. The highest BCUT2D eigenvalue weighted by atomic mass is 32.2. The van der Waals surface area contributed by atoms with E-state index < -0.39 is 9.84 Å². The summed E-state index contributed by atoms with van der Waals surface area (Å²) < 4.78 is 24.5. The maximum Gasteiger partial charge on any atom is 0.206 e. The van der Waals surface area contributed by atoms with Crippen LogP contribution < -0.4 is 0 Å². The first-order valence-electron chi connectivity index (χ1n) is 5.81. The number of hydrogen-bond donors (Lipinski definition) is 0. The highest BCUT2D eigenvalue weighted by molar-refractivity contribution is 8.02. The van der Waals surface area contributed by atoms with E-state index in [2.05, 4.69) is 6.58 Å². The van der Waals surface area contributed by atoms with Gasteiger partial charge in [-0.2, -0.15) is 0 Å². The Bertz CT molecular complexity index is 606. The number of allylic oxidation sites excluding steroid dienone is 3. The van der Waals surface area contributed by atoms with E-state index in [9.17, 15) is 8.42 Å². The van der Waals surface area contributed by atoms with Gasteiger partial charge in [-0.25, -0.2) is 8.42 Å². The van der Waals surface area contributed by atoms with Gasteiger partial charge in [-0.15, -0.1) is 11.8 Å². The standard InChI is InChI=1S/C15H18O2S2/c1-5-14(18-4)9-8-13(3)19(16,17)15-10-6-12(2)7-11-15/h5-11H,3H2,1-2,4H3/b9-8-,14-5+. The average Bonchev–Trinajstić information content (AvgIpc) is 2.40. The van der Waals surface area contributed by atoms with Gasteiger partial charge >= 0.3 is 0 Å². The second-order valence-electron chi connectivity index (χ2n) is 4.01. The molecule has 0 amide bonds. The van der Waals surface area contributed by atoms with Crippen molar-refractivity contribution in [1.82, 2.24) is 0 Å². The van der Waals surface area contributed by atoms with Gasteiger partial charge < -0.3 is 0 Å². The van der Waals surface area contributed by atoms with E-state index in [0.29, 0.717) is 0 Å². The van der Waals surface area contributed by atoms with Crippen LogP contribution in [0.2, 0.25) is 0 Å². The van der Waals surface area contributed by atoms with Crippen LogP contribution in [0.3, 0.4) is 0 Å². The molecule has 0 bridgehead atoms. The Kier molecular flexibility index (Phi) is 5.63. The number of sulfone groups is 1. The fourth-order valence-electron chi connectivity index (χ4n) is 1.42. The molecule has 102 valence electrons. The topological polar surface area (TPSA) is 34.1 Å². The molecular weight excluding hydrogens is 276 g/mol. The first-order chi connectivity index (χ1) is 8.91. The molecule has 0 atom stereocenters. The third-order valence-corrected chi connectivity index (χ3v) is 5.19. The van der Waals surface area contributed by atoms with Gasteiger partial charge in [-0.05, 0) is 44.4 Å². The Morgan fingerprint density at radius 1 is 1.21 bits per heavy atom. The van der Waals surface area contributed by atoms with Crippen molar-refractivity contribution in [1.29, 1.82) is 0 Å². The Hall–Kier alpha value is -1.26. The number of benzene rings is 1. The van der Waals surface area contributed by atoms with Crippen LogP contribution in [0, 0.1) is 6.92 Å². The van der Waals surface area contributed by atoms with Crippen molar-refractivity contribution in [2.24, 2.45) is 0 Å². The fraction of sp³-hybridized carbons (Fsp3) is 0.200. The lowest BCUT2D eigenvalue weighted by Crippen LogP contribution is -2.02. The van der Waals surface area contributed by atoms with Gasteiger partial charge in [0.05, 0.1) is 9.80 Å². The van der Waals surface area contributed by atoms with Gasteiger partial charge in [0, 0.05) is 4.91 Å². The third kappa shape index (κ3) is 4.11. The van der Waals surface area contributed by atoms with E-state index in [1.807, 2.05) is 26.2 Å². The number of rotatable bonds is 5. The van der Waals surface area contributed by atoms with Crippen LogP contribution in [0.5, 0.6) is 0 Å². The van der Waals surface area contributed by atoms with E-state index in [4.69, 9.17) is 0 Å². The zero-order valence-electron chi connectivity index (χ0n) is 11.4. The molecule has 0 radical (unpaired) electrons. The lowest BCUT2D eigenvalue weighted by atomic mass is 10.2. The summed E-state index contributed by atoms with van der Waals surface area (Å²) in [5, 5.41) is 0. The Morgan fingerprint density at radius 3 is 2.26 bits per heavy atom. The van der Waals surface area contributed by atoms with Crippen molar-refractivity contribution < 1.29 is 8.42 Å². The maximum atomic E-state index is 12.3. The van der Waals surface area contributed by atoms with Crippen molar-refractivity contribution in [3.8, 4) is 0 Å². The smallest absolute Gasteiger partial charge is 0.206 e. The molecule has 0 saturated carbocycles. The summed E-state index contributed by atoms with van der Waals surface area (Å²) in [6, 6.07) is 6.77. The molecule has 0 aliphatic rings. The molecule has 0 fully saturated rings. The van der Waals surface area contributed by atoms with Crippen LogP contribution in [0.1, 0.15) is 12.5 Å². The summed E-state index contributed by atoms with van der Waals surface area (Å²) in [5.41, 5.74) is 1.03. The predicted octanol–water partition coefficient (Wildman–Crippen LogP) is 4.11. The average molecular weight is 294 g/mol. The van der Waals surface area contributed by atoms with E-state index in [1.165, 1.54) is 0 Å². The molecule has 19 heavy (non-hydrogen) atoms. The van der Waals surface area contributed by atoms with Crippen LogP contribution in [0.25, 0.3) is 0 Å². The number of thioether (sulfide) groups is 1. The first-order valence-corrected chi connectivity index (χ1v) is 8.51. The second-order valence-corrected chi connectivity index (χ2v) is 6.89. The predicted molar refractivity (Wildman–Crippen MR) is 83.9 cm³/mol. The van der Waals surface area contributed by atoms with Crippen molar-refractivity contribution in [3.05, 3.63) is 64.4 Å². The Labute approximate surface area is 119 Å². The molecule has 4 heteroatoms. The lowest BCUT2D eigenvalue weighted by Gasteiger charge is -2.04. The molecule has 0 spiro atoms. The molecule has 2 nitrogen and oxygen atoms in total. The molecule has 0 N–H and O–H groups in total. The summed E-state index contributed by atoms with van der Waals surface area (Å²) >= 11 is 1.56. The van der Waals surface area contributed by atoms with Gasteiger partial charge in [0.15, 0.2) is 0 Å². The minimum Gasteiger partial charge on any atom is -0.219 e. The summed E-state index contributed by atoms with van der Waals surface area (Å²) in [7, 11) is -3.49. The maximum absolute atomic E-state index is 12.3. The second kappa shape index (κ2) is 6.78. The molecule has 0 heterocycles. The monoisotopic (exact) mass is 294 g/mol. The van der Waals surface area contributed by atoms with E-state index in [1.54, 1.807) is 48.2 Å². The van der Waals surface area contributed by atoms with Crippen molar-refractivity contribution in [2.45, 2.75) is 18.7 Å². The molecule has 1 aromatic rings. The molecule has 0 saturated heterocycles. The highest BCUT2D eigenvalue weighted by Gasteiger charge is 2.16. The van der Waals surface area contributed by atoms with Crippen LogP contribution in [0.15, 0.2) is 63.8 Å². The lowest BCUT2D eigenvalue weighted by molar-refractivity contribution is 0.603. The number of aryl methyl sites for hydroxylation is 1. The molecule has 0 unspecified atom stereocenters. The van der Waals surface area contributed by atoms with Gasteiger partial charge in [-0.1, -0.05) is 30.4 Å². The van der Waals surface area contributed by atoms with E-state index in [-0.39, 0.29) is 9.80 Å². The minimum atomic E-state index is -3.49. The SMILES string of the molecule is C=C(/C=C\C(=C/C)SC)S(=O)(=O)c1ccc(C)cc1. The summed E-state index contributed by atoms with van der Waals surface area (Å²) in [6.45, 7) is 7.48. The normalized spacial score (nSPS) is 12.9. The van der Waals surface area contributed by atoms with Gasteiger partial charge in [-0.3, -0.25) is 0 Å². The molecular formula is C15H18O2S2.